The van der Waals surface area contributed by atoms with Crippen molar-refractivity contribution >= 4 is 17.4 Å². The Morgan fingerprint density at radius 1 is 1.15 bits per heavy atom. The summed E-state index contributed by atoms with van der Waals surface area (Å²) in [5.41, 5.74) is 6.45. The van der Waals surface area contributed by atoms with Gasteiger partial charge in [-0.05, 0) is 66.8 Å². The first-order valence-electron chi connectivity index (χ1n) is 12.5. The molecular formula is C28H35N3O2S. The lowest BCUT2D eigenvalue weighted by Crippen LogP contribution is -2.42. The predicted octanol–water partition coefficient (Wildman–Crippen LogP) is 6.19. The van der Waals surface area contributed by atoms with Gasteiger partial charge in [0.15, 0.2) is 0 Å². The van der Waals surface area contributed by atoms with Crippen molar-refractivity contribution in [2.45, 2.75) is 64.5 Å². The number of rotatable bonds is 6. The molecule has 0 fully saturated rings. The molecular weight excluding hydrogens is 442 g/mol. The molecule has 0 radical (unpaired) electrons. The number of nitrogens with zero attached hydrogens (tertiary/aromatic N) is 2. The maximum absolute atomic E-state index is 13.7. The van der Waals surface area contributed by atoms with Crippen LogP contribution in [0.5, 0.6) is 0 Å². The number of urea groups is 1. The largest absolute Gasteiger partial charge is 0.385 e. The minimum Gasteiger partial charge on any atom is -0.385 e. The molecule has 0 saturated carbocycles. The van der Waals surface area contributed by atoms with Gasteiger partial charge in [0, 0.05) is 36.9 Å². The third kappa shape index (κ3) is 4.29. The molecule has 0 saturated heterocycles. The smallest absolute Gasteiger partial charge is 0.318 e. The molecule has 180 valence electrons. The van der Waals surface area contributed by atoms with E-state index < -0.39 is 0 Å². The van der Waals surface area contributed by atoms with Crippen LogP contribution in [0.1, 0.15) is 77.9 Å². The molecule has 2 amide bonds. The number of nitrogens with one attached hydrogen (secondary N) is 1. The number of benzene rings is 1. The summed E-state index contributed by atoms with van der Waals surface area (Å²) in [5, 5.41) is 4.47. The van der Waals surface area contributed by atoms with Gasteiger partial charge in [-0.25, -0.2) is 4.79 Å². The summed E-state index contributed by atoms with van der Waals surface area (Å²) in [6, 6.07) is 13.0. The molecule has 1 atom stereocenters. The summed E-state index contributed by atoms with van der Waals surface area (Å²) in [5.74, 6) is 0.478. The highest BCUT2D eigenvalue weighted by Gasteiger charge is 2.35. The molecule has 1 aliphatic heterocycles. The summed E-state index contributed by atoms with van der Waals surface area (Å²) in [6.45, 7) is 6.32. The fraction of sp³-hybridized carbons (Fsp3) is 0.464. The van der Waals surface area contributed by atoms with E-state index in [0.29, 0.717) is 25.6 Å². The highest BCUT2D eigenvalue weighted by Crippen LogP contribution is 2.44. The van der Waals surface area contributed by atoms with Gasteiger partial charge in [-0.2, -0.15) is 0 Å². The SMILES string of the molecule is COCCCNC(=O)N1Cc2c(sc3c2CCCC3)-n2cccc2[C@H]1c1ccc(C(C)C)cc1. The van der Waals surface area contributed by atoms with Gasteiger partial charge in [-0.15, -0.1) is 11.3 Å². The number of ether oxygens (including phenoxy) is 1. The molecule has 2 aliphatic rings. The molecule has 6 heteroatoms. The Labute approximate surface area is 206 Å². The van der Waals surface area contributed by atoms with Crippen LogP contribution in [0.4, 0.5) is 4.79 Å². The van der Waals surface area contributed by atoms with E-state index in [0.717, 1.165) is 30.5 Å². The van der Waals surface area contributed by atoms with Gasteiger partial charge in [0.25, 0.3) is 0 Å². The molecule has 0 unspecified atom stereocenters. The normalized spacial score (nSPS) is 17.2. The Balaban J connectivity index is 1.58. The third-order valence-electron chi connectivity index (χ3n) is 7.16. The van der Waals surface area contributed by atoms with E-state index in [1.807, 2.05) is 11.3 Å². The molecule has 3 heterocycles. The summed E-state index contributed by atoms with van der Waals surface area (Å²) >= 11 is 1.93. The maximum atomic E-state index is 13.7. The predicted molar refractivity (Wildman–Crippen MR) is 138 cm³/mol. The van der Waals surface area contributed by atoms with Gasteiger partial charge in [0.05, 0.1) is 18.3 Å². The number of hydrogen-bond donors (Lipinski definition) is 1. The van der Waals surface area contributed by atoms with E-state index >= 15 is 0 Å². The molecule has 34 heavy (non-hydrogen) atoms. The molecule has 5 nitrogen and oxygen atoms in total. The van der Waals surface area contributed by atoms with Crippen molar-refractivity contribution in [1.29, 1.82) is 0 Å². The van der Waals surface area contributed by atoms with Crippen LogP contribution in [0.25, 0.3) is 5.00 Å². The monoisotopic (exact) mass is 477 g/mol. The van der Waals surface area contributed by atoms with E-state index in [1.54, 1.807) is 7.11 Å². The average molecular weight is 478 g/mol. The molecule has 0 bridgehead atoms. The molecule has 1 aromatic carbocycles. The lowest BCUT2D eigenvalue weighted by atomic mass is 9.94. The van der Waals surface area contributed by atoms with Crippen molar-refractivity contribution in [2.24, 2.45) is 0 Å². The van der Waals surface area contributed by atoms with Crippen LogP contribution in [0.2, 0.25) is 0 Å². The van der Waals surface area contributed by atoms with Crippen LogP contribution in [-0.2, 0) is 24.1 Å². The second-order valence-corrected chi connectivity index (χ2v) is 10.8. The number of aryl methyl sites for hydroxylation is 1. The standard InChI is InChI=1S/C28H35N3O2S/c1-19(2)20-11-13-21(14-12-20)26-24-9-6-16-30(24)27-23(22-8-4-5-10-25(22)34-27)18-31(26)28(32)29-15-7-17-33-3/h6,9,11-14,16,19,26H,4-5,7-8,10,15,17-18H2,1-3H3,(H,29,32)/t26-/m1/s1. The highest BCUT2D eigenvalue weighted by atomic mass is 32.1. The van der Waals surface area contributed by atoms with Gasteiger partial charge < -0.3 is 19.5 Å². The van der Waals surface area contributed by atoms with E-state index in [1.165, 1.54) is 39.4 Å². The van der Waals surface area contributed by atoms with Gasteiger partial charge in [-0.3, -0.25) is 0 Å². The summed E-state index contributed by atoms with van der Waals surface area (Å²) < 4.78 is 7.52. The molecule has 5 rings (SSSR count). The number of carbonyl (C=O) groups excluding carboxylic acids is 1. The maximum Gasteiger partial charge on any atom is 0.318 e. The summed E-state index contributed by atoms with van der Waals surface area (Å²) in [7, 11) is 1.70. The minimum atomic E-state index is -0.141. The lowest BCUT2D eigenvalue weighted by molar-refractivity contribution is 0.174. The Bertz CT molecular complexity index is 1150. The highest BCUT2D eigenvalue weighted by molar-refractivity contribution is 7.15. The number of methoxy groups -OCH3 is 1. The van der Waals surface area contributed by atoms with Crippen LogP contribution < -0.4 is 5.32 Å². The van der Waals surface area contributed by atoms with E-state index in [9.17, 15) is 4.79 Å². The second kappa shape index (κ2) is 9.96. The van der Waals surface area contributed by atoms with Crippen molar-refractivity contribution in [3.05, 3.63) is 75.4 Å². The van der Waals surface area contributed by atoms with E-state index in [2.05, 4.69) is 71.2 Å². The molecule has 1 N–H and O–H groups in total. The van der Waals surface area contributed by atoms with Crippen LogP contribution in [0.3, 0.4) is 0 Å². The zero-order valence-electron chi connectivity index (χ0n) is 20.5. The quantitative estimate of drug-likeness (QED) is 0.430. The molecule has 3 aromatic rings. The first kappa shape index (κ1) is 23.2. The molecule has 1 aliphatic carbocycles. The summed E-state index contributed by atoms with van der Waals surface area (Å²) in [6.07, 6.45) is 7.75. The Hall–Kier alpha value is -2.57. The number of fused-ring (bicyclic) bond motifs is 5. The topological polar surface area (TPSA) is 46.5 Å². The Kier molecular flexibility index (Phi) is 6.79. The first-order valence-corrected chi connectivity index (χ1v) is 13.3. The Morgan fingerprint density at radius 2 is 1.94 bits per heavy atom. The minimum absolute atomic E-state index is 0.00889. The zero-order chi connectivity index (χ0) is 23.7. The van der Waals surface area contributed by atoms with Gasteiger partial charge >= 0.3 is 6.03 Å². The van der Waals surface area contributed by atoms with Crippen molar-refractivity contribution in [3.8, 4) is 5.00 Å². The van der Waals surface area contributed by atoms with E-state index in [-0.39, 0.29) is 12.1 Å². The van der Waals surface area contributed by atoms with Crippen molar-refractivity contribution in [1.82, 2.24) is 14.8 Å². The number of carbonyl (C=O) groups is 1. The average Bonchev–Trinajstić information content (AvgIpc) is 3.43. The van der Waals surface area contributed by atoms with Crippen molar-refractivity contribution in [2.75, 3.05) is 20.3 Å². The van der Waals surface area contributed by atoms with Crippen molar-refractivity contribution in [3.63, 3.8) is 0 Å². The van der Waals surface area contributed by atoms with Crippen LogP contribution in [0.15, 0.2) is 42.6 Å². The fourth-order valence-corrected chi connectivity index (χ4v) is 6.72. The summed E-state index contributed by atoms with van der Waals surface area (Å²) in [4.78, 5) is 17.2. The number of amides is 2. The number of thiophene rings is 1. The number of aromatic nitrogens is 1. The van der Waals surface area contributed by atoms with Crippen molar-refractivity contribution < 1.29 is 9.53 Å². The third-order valence-corrected chi connectivity index (χ3v) is 8.49. The second-order valence-electron chi connectivity index (χ2n) is 9.73. The van der Waals surface area contributed by atoms with E-state index in [4.69, 9.17) is 4.74 Å². The van der Waals surface area contributed by atoms with Gasteiger partial charge in [-0.1, -0.05) is 38.1 Å². The van der Waals surface area contributed by atoms with Crippen LogP contribution in [-0.4, -0.2) is 35.8 Å². The fourth-order valence-electron chi connectivity index (χ4n) is 5.31. The van der Waals surface area contributed by atoms with Crippen LogP contribution >= 0.6 is 11.3 Å². The number of hydrogen-bond acceptors (Lipinski definition) is 3. The van der Waals surface area contributed by atoms with Crippen LogP contribution in [0, 0.1) is 0 Å². The van der Waals surface area contributed by atoms with Gasteiger partial charge in [0.2, 0.25) is 0 Å². The molecule has 2 aromatic heterocycles. The zero-order valence-corrected chi connectivity index (χ0v) is 21.3. The Morgan fingerprint density at radius 3 is 2.71 bits per heavy atom. The lowest BCUT2D eigenvalue weighted by Gasteiger charge is -2.31. The first-order chi connectivity index (χ1) is 16.6. The van der Waals surface area contributed by atoms with Gasteiger partial charge in [0.1, 0.15) is 5.00 Å². The molecule has 0 spiro atoms.